The lowest BCUT2D eigenvalue weighted by atomic mass is 10.0. The van der Waals surface area contributed by atoms with Crippen molar-refractivity contribution in [3.63, 3.8) is 0 Å². The van der Waals surface area contributed by atoms with Crippen molar-refractivity contribution < 1.29 is 0 Å². The maximum absolute atomic E-state index is 6.18. The number of hydrogen-bond acceptors (Lipinski definition) is 5. The minimum Gasteiger partial charge on any atom is -0.361 e. The summed E-state index contributed by atoms with van der Waals surface area (Å²) in [6.07, 6.45) is 3.45. The number of aromatic nitrogens is 2. The predicted molar refractivity (Wildman–Crippen MR) is 95.5 cm³/mol. The van der Waals surface area contributed by atoms with Crippen molar-refractivity contribution in [2.45, 2.75) is 6.17 Å². The number of hydrogen-bond donors (Lipinski definition) is 1. The maximum Gasteiger partial charge on any atom is 0.135 e. The number of fused-ring (bicyclic) bond motifs is 4. The number of anilines is 1. The van der Waals surface area contributed by atoms with Crippen LogP contribution in [0.1, 0.15) is 17.3 Å². The first-order valence-electron chi connectivity index (χ1n) is 7.88. The molecule has 0 saturated heterocycles. The Hall–Kier alpha value is -2.66. The van der Waals surface area contributed by atoms with Crippen LogP contribution in [0.4, 0.5) is 5.69 Å². The number of nitrogens with one attached hydrogen (secondary N) is 1. The van der Waals surface area contributed by atoms with E-state index >= 15 is 0 Å². The summed E-state index contributed by atoms with van der Waals surface area (Å²) in [5.41, 5.74) is 5.06. The molecule has 118 valence electrons. The molecule has 6 heteroatoms. The van der Waals surface area contributed by atoms with Gasteiger partial charge in [0.05, 0.1) is 17.6 Å². The molecule has 0 spiro atoms. The molecule has 1 atom stereocenters. The van der Waals surface area contributed by atoms with Gasteiger partial charge in [0.1, 0.15) is 12.0 Å². The molecular weight excluding hydrogens is 322 g/mol. The van der Waals surface area contributed by atoms with Crippen LogP contribution in [0, 0.1) is 0 Å². The molecule has 24 heavy (non-hydrogen) atoms. The number of aliphatic imine (C=N–C) groups is 1. The fourth-order valence-corrected chi connectivity index (χ4v) is 3.59. The minimum absolute atomic E-state index is 0.0172. The lowest BCUT2D eigenvalue weighted by Gasteiger charge is -2.37. The number of rotatable bonds is 1. The first-order valence-corrected chi connectivity index (χ1v) is 8.26. The molecule has 5 nitrogen and oxygen atoms in total. The summed E-state index contributed by atoms with van der Waals surface area (Å²) in [6.45, 7) is 1.70. The van der Waals surface area contributed by atoms with Gasteiger partial charge < -0.3 is 10.2 Å². The molecule has 0 radical (unpaired) electrons. The fraction of sp³-hybridized carbons (Fsp3) is 0.167. The summed E-state index contributed by atoms with van der Waals surface area (Å²) in [5, 5.41) is 4.32. The molecule has 2 aromatic carbocycles. The summed E-state index contributed by atoms with van der Waals surface area (Å²) in [7, 11) is 0. The third-order valence-electron chi connectivity index (χ3n) is 4.51. The van der Waals surface area contributed by atoms with Gasteiger partial charge in [0.25, 0.3) is 0 Å². The number of benzene rings is 2. The van der Waals surface area contributed by atoms with E-state index in [4.69, 9.17) is 16.6 Å². The van der Waals surface area contributed by atoms with Gasteiger partial charge in [0, 0.05) is 35.2 Å². The van der Waals surface area contributed by atoms with Crippen molar-refractivity contribution in [3.8, 4) is 0 Å². The van der Waals surface area contributed by atoms with E-state index in [9.17, 15) is 0 Å². The van der Waals surface area contributed by atoms with E-state index in [1.807, 2.05) is 24.3 Å². The molecule has 0 bridgehead atoms. The molecule has 3 aromatic rings. The molecule has 0 saturated carbocycles. The Morgan fingerprint density at radius 2 is 1.92 bits per heavy atom. The first kappa shape index (κ1) is 13.7. The smallest absolute Gasteiger partial charge is 0.135 e. The third kappa shape index (κ3) is 2.05. The normalized spacial score (nSPS) is 18.8. The average Bonchev–Trinajstić information content (AvgIpc) is 3.10. The van der Waals surface area contributed by atoms with Crippen LogP contribution in [-0.4, -0.2) is 33.8 Å². The van der Waals surface area contributed by atoms with Crippen molar-refractivity contribution in [2.75, 3.05) is 18.4 Å². The SMILES string of the molecule is Clc1ccc2c(c1)N[C@H](c1ccc3nccnc3c1)N1CCN=C21. The van der Waals surface area contributed by atoms with Crippen molar-refractivity contribution in [1.29, 1.82) is 0 Å². The summed E-state index contributed by atoms with van der Waals surface area (Å²) < 4.78 is 0. The van der Waals surface area contributed by atoms with E-state index in [0.29, 0.717) is 0 Å². The molecule has 0 aliphatic carbocycles. The third-order valence-corrected chi connectivity index (χ3v) is 4.75. The van der Waals surface area contributed by atoms with Gasteiger partial charge in [-0.3, -0.25) is 15.0 Å². The largest absolute Gasteiger partial charge is 0.361 e. The van der Waals surface area contributed by atoms with Crippen molar-refractivity contribution in [2.24, 2.45) is 4.99 Å². The quantitative estimate of drug-likeness (QED) is 0.740. The summed E-state index contributed by atoms with van der Waals surface area (Å²) in [6, 6.07) is 12.1. The second-order valence-corrected chi connectivity index (χ2v) is 6.38. The van der Waals surface area contributed by atoms with Crippen molar-refractivity contribution in [3.05, 3.63) is 64.9 Å². The molecular formula is C18H14ClN5. The van der Waals surface area contributed by atoms with Crippen LogP contribution in [0.5, 0.6) is 0 Å². The fourth-order valence-electron chi connectivity index (χ4n) is 3.42. The van der Waals surface area contributed by atoms with Crippen LogP contribution in [-0.2, 0) is 0 Å². The first-order chi connectivity index (χ1) is 11.8. The highest BCUT2D eigenvalue weighted by atomic mass is 35.5. The lowest BCUT2D eigenvalue weighted by Crippen LogP contribution is -2.41. The topological polar surface area (TPSA) is 53.4 Å². The highest BCUT2D eigenvalue weighted by Gasteiger charge is 2.33. The van der Waals surface area contributed by atoms with E-state index in [2.05, 4.69) is 32.3 Å². The zero-order chi connectivity index (χ0) is 16.1. The van der Waals surface area contributed by atoms with Crippen LogP contribution in [0.3, 0.4) is 0 Å². The molecule has 0 amide bonds. The van der Waals surface area contributed by atoms with Gasteiger partial charge in [0.2, 0.25) is 0 Å². The minimum atomic E-state index is 0.0172. The number of amidine groups is 1. The standard InChI is InChI=1S/C18H14ClN5/c19-12-2-3-13-15(10-12)23-17(24-8-7-22-18(13)24)11-1-4-14-16(9-11)21-6-5-20-14/h1-6,9-10,17,23H,7-8H2/t17-/m0/s1. The lowest BCUT2D eigenvalue weighted by molar-refractivity contribution is 0.370. The zero-order valence-electron chi connectivity index (χ0n) is 12.8. The monoisotopic (exact) mass is 335 g/mol. The summed E-state index contributed by atoms with van der Waals surface area (Å²) >= 11 is 6.18. The van der Waals surface area contributed by atoms with Crippen LogP contribution in [0.2, 0.25) is 5.02 Å². The molecule has 1 aromatic heterocycles. The van der Waals surface area contributed by atoms with Gasteiger partial charge in [-0.05, 0) is 35.9 Å². The molecule has 0 unspecified atom stereocenters. The van der Waals surface area contributed by atoms with E-state index in [1.165, 1.54) is 0 Å². The van der Waals surface area contributed by atoms with Crippen LogP contribution < -0.4 is 5.32 Å². The Balaban J connectivity index is 1.64. The molecule has 2 aliphatic rings. The second kappa shape index (κ2) is 5.18. The number of halogens is 1. The highest BCUT2D eigenvalue weighted by Crippen LogP contribution is 2.36. The van der Waals surface area contributed by atoms with Gasteiger partial charge in [0.15, 0.2) is 0 Å². The van der Waals surface area contributed by atoms with E-state index in [1.54, 1.807) is 12.4 Å². The van der Waals surface area contributed by atoms with Crippen LogP contribution in [0.15, 0.2) is 53.8 Å². The van der Waals surface area contributed by atoms with E-state index in [0.717, 1.165) is 51.8 Å². The highest BCUT2D eigenvalue weighted by molar-refractivity contribution is 6.31. The Morgan fingerprint density at radius 1 is 1.04 bits per heavy atom. The summed E-state index contributed by atoms with van der Waals surface area (Å²) in [4.78, 5) is 15.8. The van der Waals surface area contributed by atoms with Gasteiger partial charge in [-0.25, -0.2) is 0 Å². The van der Waals surface area contributed by atoms with Gasteiger partial charge in [-0.1, -0.05) is 17.7 Å². The van der Waals surface area contributed by atoms with Crippen LogP contribution in [0.25, 0.3) is 11.0 Å². The second-order valence-electron chi connectivity index (χ2n) is 5.94. The predicted octanol–water partition coefficient (Wildman–Crippen LogP) is 3.47. The molecule has 1 N–H and O–H groups in total. The molecule has 3 heterocycles. The molecule has 2 aliphatic heterocycles. The average molecular weight is 336 g/mol. The number of nitrogens with zero attached hydrogens (tertiary/aromatic N) is 4. The Labute approximate surface area is 144 Å². The van der Waals surface area contributed by atoms with Gasteiger partial charge in [-0.2, -0.15) is 0 Å². The molecule has 0 fully saturated rings. The Kier molecular flexibility index (Phi) is 2.97. The Morgan fingerprint density at radius 3 is 2.83 bits per heavy atom. The van der Waals surface area contributed by atoms with E-state index in [-0.39, 0.29) is 6.17 Å². The van der Waals surface area contributed by atoms with Crippen LogP contribution >= 0.6 is 11.6 Å². The zero-order valence-corrected chi connectivity index (χ0v) is 13.5. The van der Waals surface area contributed by atoms with Gasteiger partial charge >= 0.3 is 0 Å². The maximum atomic E-state index is 6.18. The van der Waals surface area contributed by atoms with Crippen molar-refractivity contribution >= 4 is 34.2 Å². The van der Waals surface area contributed by atoms with Gasteiger partial charge in [-0.15, -0.1) is 0 Å². The van der Waals surface area contributed by atoms with E-state index < -0.39 is 0 Å². The molecule has 5 rings (SSSR count). The van der Waals surface area contributed by atoms with Crippen molar-refractivity contribution in [1.82, 2.24) is 14.9 Å². The summed E-state index contributed by atoms with van der Waals surface area (Å²) in [5.74, 6) is 1.03. The Bertz CT molecular complexity index is 984.